The third-order valence-corrected chi connectivity index (χ3v) is 6.47. The maximum absolute atomic E-state index is 13.0. The Hall–Kier alpha value is -2.42. The SMILES string of the molecule is COc1ccc(S(=O)(=O)N(C)Cc2nc(-c3cccc(Cl)c3)no2)cc1C(C)C. The monoisotopic (exact) mass is 435 g/mol. The van der Waals surface area contributed by atoms with E-state index in [0.29, 0.717) is 22.2 Å². The number of rotatable bonds is 7. The largest absolute Gasteiger partial charge is 0.496 e. The van der Waals surface area contributed by atoms with Crippen LogP contribution in [0.5, 0.6) is 5.75 Å². The van der Waals surface area contributed by atoms with Gasteiger partial charge in [-0.15, -0.1) is 0 Å². The second-order valence-corrected chi connectivity index (χ2v) is 9.32. The average molecular weight is 436 g/mol. The molecule has 3 rings (SSSR count). The van der Waals surface area contributed by atoms with Crippen molar-refractivity contribution in [3.8, 4) is 17.1 Å². The van der Waals surface area contributed by atoms with Crippen molar-refractivity contribution in [2.75, 3.05) is 14.2 Å². The number of aromatic nitrogens is 2. The fourth-order valence-electron chi connectivity index (χ4n) is 2.84. The first-order valence-corrected chi connectivity index (χ1v) is 10.8. The number of hydrogen-bond donors (Lipinski definition) is 0. The molecule has 0 aliphatic heterocycles. The molecule has 0 unspecified atom stereocenters. The summed E-state index contributed by atoms with van der Waals surface area (Å²) in [5.41, 5.74) is 1.51. The van der Waals surface area contributed by atoms with Gasteiger partial charge in [0, 0.05) is 17.6 Å². The van der Waals surface area contributed by atoms with Crippen molar-refractivity contribution < 1.29 is 17.7 Å². The molecule has 0 bridgehead atoms. The zero-order chi connectivity index (χ0) is 21.2. The van der Waals surface area contributed by atoms with E-state index >= 15 is 0 Å². The zero-order valence-corrected chi connectivity index (χ0v) is 18.2. The highest BCUT2D eigenvalue weighted by atomic mass is 35.5. The van der Waals surface area contributed by atoms with Gasteiger partial charge in [-0.1, -0.05) is 42.7 Å². The van der Waals surface area contributed by atoms with Crippen LogP contribution in [0.15, 0.2) is 51.9 Å². The van der Waals surface area contributed by atoms with Crippen molar-refractivity contribution in [1.29, 1.82) is 0 Å². The summed E-state index contributed by atoms with van der Waals surface area (Å²) in [6.45, 7) is 3.90. The number of methoxy groups -OCH3 is 1. The van der Waals surface area contributed by atoms with Gasteiger partial charge in [-0.25, -0.2) is 8.42 Å². The molecule has 1 heterocycles. The molecule has 3 aromatic rings. The number of nitrogens with zero attached hydrogens (tertiary/aromatic N) is 3. The number of halogens is 1. The van der Waals surface area contributed by atoms with E-state index < -0.39 is 10.0 Å². The molecule has 0 aliphatic rings. The molecule has 0 radical (unpaired) electrons. The number of sulfonamides is 1. The minimum Gasteiger partial charge on any atom is -0.496 e. The molecule has 1 aromatic heterocycles. The summed E-state index contributed by atoms with van der Waals surface area (Å²) < 4.78 is 37.8. The van der Waals surface area contributed by atoms with E-state index in [4.69, 9.17) is 20.9 Å². The van der Waals surface area contributed by atoms with Gasteiger partial charge < -0.3 is 9.26 Å². The smallest absolute Gasteiger partial charge is 0.243 e. The Morgan fingerprint density at radius 1 is 1.21 bits per heavy atom. The van der Waals surface area contributed by atoms with Crippen LogP contribution in [0.1, 0.15) is 31.2 Å². The van der Waals surface area contributed by atoms with Crippen molar-refractivity contribution in [1.82, 2.24) is 14.4 Å². The highest BCUT2D eigenvalue weighted by Gasteiger charge is 2.25. The van der Waals surface area contributed by atoms with Crippen molar-refractivity contribution in [3.63, 3.8) is 0 Å². The van der Waals surface area contributed by atoms with E-state index in [2.05, 4.69) is 10.1 Å². The van der Waals surface area contributed by atoms with Crippen LogP contribution in [0, 0.1) is 0 Å². The molecular weight excluding hydrogens is 414 g/mol. The van der Waals surface area contributed by atoms with Crippen molar-refractivity contribution in [2.45, 2.75) is 31.2 Å². The average Bonchev–Trinajstić information content (AvgIpc) is 3.15. The first-order valence-electron chi connectivity index (χ1n) is 8.95. The molecular formula is C20H22ClN3O4S. The summed E-state index contributed by atoms with van der Waals surface area (Å²) in [7, 11) is -0.717. The predicted molar refractivity (Wildman–Crippen MR) is 110 cm³/mol. The summed E-state index contributed by atoms with van der Waals surface area (Å²) >= 11 is 5.99. The van der Waals surface area contributed by atoms with E-state index in [0.717, 1.165) is 5.56 Å². The second kappa shape index (κ2) is 8.52. The minimum atomic E-state index is -3.75. The van der Waals surface area contributed by atoms with Crippen molar-refractivity contribution in [3.05, 3.63) is 58.9 Å². The highest BCUT2D eigenvalue weighted by molar-refractivity contribution is 7.89. The lowest BCUT2D eigenvalue weighted by atomic mass is 10.0. The molecule has 7 nitrogen and oxygen atoms in total. The third-order valence-electron chi connectivity index (χ3n) is 4.44. The zero-order valence-electron chi connectivity index (χ0n) is 16.6. The summed E-state index contributed by atoms with van der Waals surface area (Å²) in [5, 5.41) is 4.46. The molecule has 154 valence electrons. The normalized spacial score (nSPS) is 12.0. The Balaban J connectivity index is 1.83. The van der Waals surface area contributed by atoms with Crippen LogP contribution in [0.3, 0.4) is 0 Å². The number of ether oxygens (including phenoxy) is 1. The number of hydrogen-bond acceptors (Lipinski definition) is 6. The van der Waals surface area contributed by atoms with Crippen LogP contribution in [0.2, 0.25) is 5.02 Å². The first-order chi connectivity index (χ1) is 13.7. The Kier molecular flexibility index (Phi) is 6.26. The van der Waals surface area contributed by atoms with E-state index in [1.165, 1.54) is 17.4 Å². The van der Waals surface area contributed by atoms with Crippen LogP contribution in [-0.4, -0.2) is 37.0 Å². The van der Waals surface area contributed by atoms with E-state index in [9.17, 15) is 8.42 Å². The van der Waals surface area contributed by atoms with Gasteiger partial charge in [-0.05, 0) is 41.8 Å². The predicted octanol–water partition coefficient (Wildman–Crippen LogP) is 4.34. The maximum atomic E-state index is 13.0. The van der Waals surface area contributed by atoms with Gasteiger partial charge in [0.05, 0.1) is 18.6 Å². The molecule has 9 heteroatoms. The van der Waals surface area contributed by atoms with Gasteiger partial charge in [0.2, 0.25) is 21.7 Å². The summed E-state index contributed by atoms with van der Waals surface area (Å²) in [4.78, 5) is 4.46. The molecule has 29 heavy (non-hydrogen) atoms. The first kappa shape index (κ1) is 21.3. The summed E-state index contributed by atoms with van der Waals surface area (Å²) in [5.74, 6) is 1.30. The number of benzene rings is 2. The van der Waals surface area contributed by atoms with Crippen molar-refractivity contribution in [2.24, 2.45) is 0 Å². The van der Waals surface area contributed by atoms with E-state index in [1.807, 2.05) is 13.8 Å². The Bertz CT molecular complexity index is 1110. The second-order valence-electron chi connectivity index (χ2n) is 6.84. The van der Waals surface area contributed by atoms with Crippen LogP contribution >= 0.6 is 11.6 Å². The topological polar surface area (TPSA) is 85.5 Å². The van der Waals surface area contributed by atoms with E-state index in [-0.39, 0.29) is 23.2 Å². The Labute approximate surface area is 175 Å². The summed E-state index contributed by atoms with van der Waals surface area (Å²) in [6, 6.07) is 11.9. The maximum Gasteiger partial charge on any atom is 0.243 e. The molecule has 0 saturated heterocycles. The minimum absolute atomic E-state index is 0.0566. The van der Waals surface area contributed by atoms with E-state index in [1.54, 1.807) is 43.5 Å². The molecule has 2 aromatic carbocycles. The lowest BCUT2D eigenvalue weighted by Crippen LogP contribution is -2.26. The molecule has 0 saturated carbocycles. The van der Waals surface area contributed by atoms with Gasteiger partial charge in [-0.2, -0.15) is 9.29 Å². The van der Waals surface area contributed by atoms with Crippen LogP contribution in [-0.2, 0) is 16.6 Å². The van der Waals surface area contributed by atoms with Gasteiger partial charge in [-0.3, -0.25) is 0 Å². The van der Waals surface area contributed by atoms with Gasteiger partial charge >= 0.3 is 0 Å². The lowest BCUT2D eigenvalue weighted by molar-refractivity contribution is 0.336. The lowest BCUT2D eigenvalue weighted by Gasteiger charge is -2.18. The third kappa shape index (κ3) is 4.60. The van der Waals surface area contributed by atoms with Crippen LogP contribution in [0.25, 0.3) is 11.4 Å². The standard InChI is InChI=1S/C20H22ClN3O4S/c1-13(2)17-11-16(8-9-18(17)27-4)29(25,26)24(3)12-19-22-20(23-28-19)14-6-5-7-15(21)10-14/h5-11,13H,12H2,1-4H3. The fourth-order valence-corrected chi connectivity index (χ4v) is 4.19. The molecule has 0 amide bonds. The Morgan fingerprint density at radius 3 is 2.62 bits per heavy atom. The fraction of sp³-hybridized carbons (Fsp3) is 0.300. The van der Waals surface area contributed by atoms with Gasteiger partial charge in [0.1, 0.15) is 5.75 Å². The Morgan fingerprint density at radius 2 is 1.97 bits per heavy atom. The highest BCUT2D eigenvalue weighted by Crippen LogP contribution is 2.30. The molecule has 0 N–H and O–H groups in total. The van der Waals surface area contributed by atoms with Crippen molar-refractivity contribution >= 4 is 21.6 Å². The molecule has 0 fully saturated rings. The molecule has 0 aliphatic carbocycles. The quantitative estimate of drug-likeness (QED) is 0.548. The van der Waals surface area contributed by atoms with Crippen LogP contribution in [0.4, 0.5) is 0 Å². The van der Waals surface area contributed by atoms with Crippen LogP contribution < -0.4 is 4.74 Å². The summed E-state index contributed by atoms with van der Waals surface area (Å²) in [6.07, 6.45) is 0. The molecule has 0 spiro atoms. The van der Waals surface area contributed by atoms with Gasteiger partial charge in [0.25, 0.3) is 0 Å². The molecule has 0 atom stereocenters. The van der Waals surface area contributed by atoms with Gasteiger partial charge in [0.15, 0.2) is 0 Å².